The average molecular weight is 1090 g/mol. The third kappa shape index (κ3) is 12.5. The quantitative estimate of drug-likeness (QED) is 0.0857. The number of anilines is 1. The molecule has 6 N–H and O–H groups in total. The van der Waals surface area contributed by atoms with Gasteiger partial charge in [-0.3, -0.25) is 32.9 Å². The number of phosphoric ester groups is 3. The number of hydrogen-bond acceptors (Lipinski definition) is 23. The Labute approximate surface area is 420 Å². The molecule has 29 heteroatoms. The number of aliphatic hydroxyl groups is 2. The van der Waals surface area contributed by atoms with Gasteiger partial charge in [0, 0.05) is 43.0 Å². The van der Waals surface area contributed by atoms with Gasteiger partial charge in [0.15, 0.2) is 28.6 Å². The van der Waals surface area contributed by atoms with E-state index in [1.807, 2.05) is 13.0 Å². The van der Waals surface area contributed by atoms with Crippen LogP contribution >= 0.6 is 35.2 Å². The van der Waals surface area contributed by atoms with Crippen molar-refractivity contribution in [3.05, 3.63) is 24.3 Å². The summed E-state index contributed by atoms with van der Waals surface area (Å²) in [4.78, 5) is 111. The second-order valence-corrected chi connectivity index (χ2v) is 25.8. The number of carbonyl (C=O) groups is 4. The minimum atomic E-state index is -5.94. The smallest absolute Gasteiger partial charge is 0.274 e. The van der Waals surface area contributed by atoms with E-state index in [0.717, 1.165) is 62.2 Å². The van der Waals surface area contributed by atoms with Gasteiger partial charge in [0.1, 0.15) is 36.3 Å². The minimum absolute atomic E-state index is 0.0215. The van der Waals surface area contributed by atoms with Gasteiger partial charge in [-0.15, -0.1) is 0 Å². The number of hydrogen-bond donors (Lipinski definition) is 5. The van der Waals surface area contributed by atoms with Gasteiger partial charge in [-0.05, 0) is 85.5 Å². The van der Waals surface area contributed by atoms with Gasteiger partial charge in [-0.1, -0.05) is 52.0 Å². The number of nitrogens with two attached hydrogens (primary N) is 1. The molecule has 2 aromatic heterocycles. The van der Waals surface area contributed by atoms with Crippen molar-refractivity contribution in [1.82, 2.24) is 30.2 Å². The molecule has 4 fully saturated rings. The molecule has 0 bridgehead atoms. The van der Waals surface area contributed by atoms with E-state index in [0.29, 0.717) is 29.9 Å². The molecule has 3 heterocycles. The molecule has 402 valence electrons. The number of imidazole rings is 1. The van der Waals surface area contributed by atoms with E-state index in [4.69, 9.17) is 10.5 Å². The summed E-state index contributed by atoms with van der Waals surface area (Å²) >= 11 is 1.19. The maximum Gasteiger partial charge on any atom is 0.274 e. The van der Waals surface area contributed by atoms with Crippen molar-refractivity contribution in [1.29, 1.82) is 0 Å². The Bertz CT molecular complexity index is 2570. The van der Waals surface area contributed by atoms with Crippen LogP contribution in [0.1, 0.15) is 98.6 Å². The van der Waals surface area contributed by atoms with Crippen molar-refractivity contribution in [2.75, 3.05) is 37.8 Å². The Balaban J connectivity index is 0.803. The number of ketones is 1. The van der Waals surface area contributed by atoms with E-state index in [1.54, 1.807) is 0 Å². The molecule has 4 aliphatic carbocycles. The van der Waals surface area contributed by atoms with Gasteiger partial charge < -0.3 is 69.0 Å². The summed E-state index contributed by atoms with van der Waals surface area (Å²) in [5, 5.41) is 26.8. The molecule has 1 saturated heterocycles. The molecule has 1 aliphatic heterocycles. The van der Waals surface area contributed by atoms with Crippen molar-refractivity contribution >= 4 is 74.9 Å². The SMILES string of the molecule is CC(C(=O)SCCNC(=O)CCNC(=O)C(O)C(C)(C)COP(=O)([O-])OP(=O)([O-])OCC1OC(n2cnc3c(N)ncnc32)C(O)C1OP(=O)([O-])[O-])C1CCC2C3CCC4=CC(=O)CCC4(C)C3CCC12C. The third-order valence-electron chi connectivity index (χ3n) is 15.7. The predicted molar refractivity (Wildman–Crippen MR) is 248 cm³/mol. The maximum absolute atomic E-state index is 13.5. The van der Waals surface area contributed by atoms with Crippen LogP contribution in [-0.4, -0.2) is 109 Å². The number of carbonyl (C=O) groups excluding carboxylic acids is 4. The highest BCUT2D eigenvalue weighted by Gasteiger charge is 2.60. The molecule has 3 saturated carbocycles. The molecule has 7 rings (SSSR count). The van der Waals surface area contributed by atoms with Crippen LogP contribution < -0.4 is 35.9 Å². The van der Waals surface area contributed by atoms with Crippen LogP contribution in [0, 0.1) is 45.8 Å². The lowest BCUT2D eigenvalue weighted by atomic mass is 9.46. The molecule has 0 aromatic carbocycles. The highest BCUT2D eigenvalue weighted by molar-refractivity contribution is 8.13. The first kappa shape index (κ1) is 56.7. The number of amides is 2. The lowest BCUT2D eigenvalue weighted by Gasteiger charge is -2.58. The summed E-state index contributed by atoms with van der Waals surface area (Å²) in [6.07, 6.45) is 2.21. The summed E-state index contributed by atoms with van der Waals surface area (Å²) in [7, 11) is -17.7. The van der Waals surface area contributed by atoms with Crippen molar-refractivity contribution < 1.29 is 85.3 Å². The fraction of sp³-hybridized carbons (Fsp3) is 0.744. The molecule has 5 aliphatic rings. The van der Waals surface area contributed by atoms with Gasteiger partial charge in [0.2, 0.25) is 11.8 Å². The lowest BCUT2D eigenvalue weighted by molar-refractivity contribution is -0.347. The number of thioether (sulfide) groups is 1. The number of ether oxygens (including phenoxy) is 1. The maximum atomic E-state index is 13.5. The fourth-order valence-electron chi connectivity index (χ4n) is 12.0. The van der Waals surface area contributed by atoms with E-state index < -0.39 is 84.6 Å². The fourth-order valence-corrected chi connectivity index (χ4v) is 15.5. The Morgan fingerprint density at radius 1 is 1.00 bits per heavy atom. The normalized spacial score (nSPS) is 32.1. The van der Waals surface area contributed by atoms with Gasteiger partial charge in [-0.2, -0.15) is 0 Å². The molecule has 2 amide bonds. The van der Waals surface area contributed by atoms with Crippen LogP contribution in [0.5, 0.6) is 0 Å². The third-order valence-corrected chi connectivity index (χ3v) is 19.8. The summed E-state index contributed by atoms with van der Waals surface area (Å²) in [5.74, 6) is 0.892. The van der Waals surface area contributed by atoms with Crippen LogP contribution in [0.3, 0.4) is 0 Å². The van der Waals surface area contributed by atoms with Crippen LogP contribution in [0.15, 0.2) is 24.3 Å². The molecule has 25 nitrogen and oxygen atoms in total. The van der Waals surface area contributed by atoms with E-state index in [2.05, 4.69) is 57.3 Å². The van der Waals surface area contributed by atoms with Crippen LogP contribution in [0.2, 0.25) is 0 Å². The Morgan fingerprint density at radius 3 is 2.44 bits per heavy atom. The summed E-state index contributed by atoms with van der Waals surface area (Å²) in [5.41, 5.74) is 5.58. The van der Waals surface area contributed by atoms with E-state index in [9.17, 15) is 62.7 Å². The first-order valence-corrected chi connectivity index (χ1v) is 29.1. The summed E-state index contributed by atoms with van der Waals surface area (Å²) in [6.45, 7) is 6.89. The highest BCUT2D eigenvalue weighted by atomic mass is 32.2. The predicted octanol–water partition coefficient (Wildman–Crippen LogP) is 0.921. The van der Waals surface area contributed by atoms with Crippen LogP contribution in [-0.2, 0) is 55.5 Å². The second kappa shape index (κ2) is 21.9. The minimum Gasteiger partial charge on any atom is -0.790 e. The molecule has 2 aromatic rings. The highest BCUT2D eigenvalue weighted by Crippen LogP contribution is 2.68. The molecule has 14 atom stereocenters. The number of allylic oxidation sites excluding steroid dienone is 1. The molecule has 0 radical (unpaired) electrons. The Hall–Kier alpha value is -3.03. The monoisotopic (exact) mass is 1090 g/mol. The summed E-state index contributed by atoms with van der Waals surface area (Å²) in [6, 6.07) is 0. The molecule has 72 heavy (non-hydrogen) atoms. The topological polar surface area (TPSA) is 392 Å². The zero-order valence-electron chi connectivity index (χ0n) is 40.4. The number of aromatic nitrogens is 4. The zero-order chi connectivity index (χ0) is 52.8. The number of nitrogen functional groups attached to an aromatic ring is 1. The number of aliphatic hydroxyl groups excluding tert-OH is 2. The van der Waals surface area contributed by atoms with E-state index in [1.165, 1.54) is 31.2 Å². The molecule has 0 spiro atoms. The summed E-state index contributed by atoms with van der Waals surface area (Å²) < 4.78 is 61.1. The molecular formula is C43H62N7O18P3S-4. The molecular weight excluding hydrogens is 1030 g/mol. The van der Waals surface area contributed by atoms with Gasteiger partial charge >= 0.3 is 0 Å². The lowest BCUT2D eigenvalue weighted by Crippen LogP contribution is -2.51. The molecule has 14 unspecified atom stereocenters. The Morgan fingerprint density at radius 2 is 1.72 bits per heavy atom. The number of nitrogens with zero attached hydrogens (tertiary/aromatic N) is 4. The van der Waals surface area contributed by atoms with Crippen molar-refractivity contribution in [2.24, 2.45) is 45.8 Å². The standard InChI is InChI=1S/C43H66N7O18P3S/c1-23(27-8-9-28-26-7-6-24-18-25(51)10-13-42(24,4)29(26)11-14-43(27,28)5)40(56)72-17-16-45-31(52)12-15-46-38(55)35(54)41(2,3)20-65-71(62,63)68-70(60,61)64-19-30-34(67-69(57,58)59)33(53)39(66-30)50-22-49-32-36(44)47-21-48-37(32)50/h18,21-23,26-30,33-35,39,53-54H,6-17,19-20H2,1-5H3,(H,45,52)(H,46,55)(H,60,61)(H,62,63)(H2,44,47,48)(H2,57,58,59)/p-4. The van der Waals surface area contributed by atoms with Crippen LogP contribution in [0.25, 0.3) is 11.2 Å². The average Bonchev–Trinajstić information content (AvgIpc) is 3.98. The van der Waals surface area contributed by atoms with E-state index in [-0.39, 0.29) is 70.1 Å². The van der Waals surface area contributed by atoms with Gasteiger partial charge in [0.05, 0.1) is 27.4 Å². The first-order valence-electron chi connectivity index (χ1n) is 23.8. The first-order chi connectivity index (χ1) is 33.6. The van der Waals surface area contributed by atoms with Crippen molar-refractivity contribution in [2.45, 2.75) is 123 Å². The van der Waals surface area contributed by atoms with E-state index >= 15 is 0 Å². The number of nitrogens with one attached hydrogen (secondary N) is 2. The van der Waals surface area contributed by atoms with Gasteiger partial charge in [-0.25, -0.2) is 19.3 Å². The van der Waals surface area contributed by atoms with Crippen molar-refractivity contribution in [3.8, 4) is 0 Å². The Kier molecular flexibility index (Phi) is 17.2. The zero-order valence-corrected chi connectivity index (χ0v) is 43.9. The van der Waals surface area contributed by atoms with Crippen molar-refractivity contribution in [3.63, 3.8) is 0 Å². The number of fused-ring (bicyclic) bond motifs is 6. The largest absolute Gasteiger partial charge is 0.790 e. The van der Waals surface area contributed by atoms with Crippen LogP contribution in [0.4, 0.5) is 5.82 Å². The second-order valence-electron chi connectivity index (χ2n) is 20.6. The number of phosphoric acid groups is 3. The van der Waals surface area contributed by atoms with Gasteiger partial charge in [0.25, 0.3) is 15.6 Å². The number of rotatable bonds is 21.